The van der Waals surface area contributed by atoms with E-state index in [0.29, 0.717) is 65.3 Å². The average molecular weight is 422 g/mol. The van der Waals surface area contributed by atoms with Crippen LogP contribution in [0.25, 0.3) is 0 Å². The number of anilines is 2. The maximum absolute atomic E-state index is 14.5. The number of nitrogens with one attached hydrogen (secondary N) is 1. The van der Waals surface area contributed by atoms with Crippen molar-refractivity contribution in [2.24, 2.45) is 5.92 Å². The van der Waals surface area contributed by atoms with E-state index in [9.17, 15) is 18.4 Å². The van der Waals surface area contributed by atoms with Gasteiger partial charge in [-0.3, -0.25) is 4.79 Å². The SMILES string of the molecule is O=C(Nc1cc(F)c(N2CCCC2)c(F)c1)N1CCC(C(=O)N2CCOCC2)CC1. The summed E-state index contributed by atoms with van der Waals surface area (Å²) in [5.74, 6) is -1.30. The topological polar surface area (TPSA) is 65.1 Å². The van der Waals surface area contributed by atoms with E-state index in [0.717, 1.165) is 12.8 Å². The van der Waals surface area contributed by atoms with Gasteiger partial charge >= 0.3 is 6.03 Å². The van der Waals surface area contributed by atoms with Crippen LogP contribution in [0.5, 0.6) is 0 Å². The van der Waals surface area contributed by atoms with Gasteiger partial charge in [0.15, 0.2) is 11.6 Å². The van der Waals surface area contributed by atoms with Gasteiger partial charge in [0.1, 0.15) is 5.69 Å². The third-order valence-electron chi connectivity index (χ3n) is 6.14. The Morgan fingerprint density at radius 1 is 0.900 bits per heavy atom. The monoisotopic (exact) mass is 422 g/mol. The number of morpholine rings is 1. The molecule has 0 unspecified atom stereocenters. The number of carbonyl (C=O) groups is 2. The molecule has 0 aliphatic carbocycles. The van der Waals surface area contributed by atoms with Crippen molar-refractivity contribution in [1.29, 1.82) is 0 Å². The first-order chi connectivity index (χ1) is 14.5. The summed E-state index contributed by atoms with van der Waals surface area (Å²) < 4.78 is 34.2. The highest BCUT2D eigenvalue weighted by atomic mass is 19.1. The van der Waals surface area contributed by atoms with E-state index in [-0.39, 0.29) is 23.2 Å². The number of hydrogen-bond donors (Lipinski definition) is 1. The second-order valence-corrected chi connectivity index (χ2v) is 8.11. The molecule has 3 aliphatic rings. The molecule has 4 rings (SSSR count). The Hall–Kier alpha value is -2.42. The molecule has 3 aliphatic heterocycles. The molecule has 0 spiro atoms. The minimum absolute atomic E-state index is 0.0204. The molecule has 30 heavy (non-hydrogen) atoms. The third kappa shape index (κ3) is 4.50. The number of benzene rings is 1. The standard InChI is InChI=1S/C21H28F2N4O3/c22-17-13-16(14-18(23)19(17)25-5-1-2-6-25)24-21(29)27-7-3-15(4-8-27)20(28)26-9-11-30-12-10-26/h13-15H,1-12H2,(H,24,29). The van der Waals surface area contributed by atoms with E-state index < -0.39 is 17.7 Å². The minimum atomic E-state index is -0.665. The molecule has 3 heterocycles. The van der Waals surface area contributed by atoms with Gasteiger partial charge in [-0.1, -0.05) is 0 Å². The molecular weight excluding hydrogens is 394 g/mol. The van der Waals surface area contributed by atoms with Gasteiger partial charge in [-0.2, -0.15) is 0 Å². The number of urea groups is 1. The molecule has 0 radical (unpaired) electrons. The molecule has 1 N–H and O–H groups in total. The van der Waals surface area contributed by atoms with Crippen molar-refractivity contribution in [3.8, 4) is 0 Å². The number of halogens is 2. The van der Waals surface area contributed by atoms with Crippen LogP contribution in [0, 0.1) is 17.6 Å². The van der Waals surface area contributed by atoms with Crippen LogP contribution in [0.2, 0.25) is 0 Å². The average Bonchev–Trinajstić information content (AvgIpc) is 3.28. The summed E-state index contributed by atoms with van der Waals surface area (Å²) >= 11 is 0. The molecule has 7 nitrogen and oxygen atoms in total. The van der Waals surface area contributed by atoms with Crippen molar-refractivity contribution in [3.05, 3.63) is 23.8 Å². The largest absolute Gasteiger partial charge is 0.378 e. The number of rotatable bonds is 3. The van der Waals surface area contributed by atoms with Crippen LogP contribution in [0.4, 0.5) is 25.0 Å². The normalized spacial score (nSPS) is 20.5. The Morgan fingerprint density at radius 3 is 2.10 bits per heavy atom. The van der Waals surface area contributed by atoms with Crippen LogP contribution in [0.3, 0.4) is 0 Å². The fourth-order valence-corrected chi connectivity index (χ4v) is 4.45. The number of amides is 3. The van der Waals surface area contributed by atoms with Gasteiger partial charge in [-0.25, -0.2) is 13.6 Å². The fraction of sp³-hybridized carbons (Fsp3) is 0.619. The Labute approximate surface area is 174 Å². The van der Waals surface area contributed by atoms with Crippen molar-refractivity contribution < 1.29 is 23.1 Å². The van der Waals surface area contributed by atoms with E-state index >= 15 is 0 Å². The summed E-state index contributed by atoms with van der Waals surface area (Å²) in [6.45, 7) is 4.50. The minimum Gasteiger partial charge on any atom is -0.378 e. The molecule has 0 bridgehead atoms. The predicted molar refractivity (Wildman–Crippen MR) is 109 cm³/mol. The van der Waals surface area contributed by atoms with Crippen LogP contribution < -0.4 is 10.2 Å². The van der Waals surface area contributed by atoms with E-state index in [1.54, 1.807) is 9.80 Å². The molecular formula is C21H28F2N4O3. The van der Waals surface area contributed by atoms with Crippen molar-refractivity contribution >= 4 is 23.3 Å². The quantitative estimate of drug-likeness (QED) is 0.814. The van der Waals surface area contributed by atoms with Gasteiger partial charge in [0.25, 0.3) is 0 Å². The van der Waals surface area contributed by atoms with E-state index in [2.05, 4.69) is 5.32 Å². The number of likely N-dealkylation sites (tertiary alicyclic amines) is 1. The first-order valence-electron chi connectivity index (χ1n) is 10.7. The third-order valence-corrected chi connectivity index (χ3v) is 6.14. The lowest BCUT2D eigenvalue weighted by atomic mass is 9.95. The highest BCUT2D eigenvalue weighted by Crippen LogP contribution is 2.30. The van der Waals surface area contributed by atoms with Gasteiger partial charge in [0.2, 0.25) is 5.91 Å². The van der Waals surface area contributed by atoms with Crippen LogP contribution >= 0.6 is 0 Å². The van der Waals surface area contributed by atoms with Crippen LogP contribution in [0.15, 0.2) is 12.1 Å². The molecule has 1 aromatic carbocycles. The summed E-state index contributed by atoms with van der Waals surface area (Å²) in [6.07, 6.45) is 3.00. The molecule has 164 valence electrons. The van der Waals surface area contributed by atoms with Crippen LogP contribution in [-0.2, 0) is 9.53 Å². The van der Waals surface area contributed by atoms with E-state index in [1.807, 2.05) is 4.90 Å². The van der Waals surface area contributed by atoms with E-state index in [1.165, 1.54) is 12.1 Å². The van der Waals surface area contributed by atoms with Crippen LogP contribution in [0.1, 0.15) is 25.7 Å². The Kier molecular flexibility index (Phi) is 6.36. The molecule has 1 aromatic rings. The summed E-state index contributed by atoms with van der Waals surface area (Å²) in [4.78, 5) is 30.3. The predicted octanol–water partition coefficient (Wildman–Crippen LogP) is 2.67. The summed E-state index contributed by atoms with van der Waals surface area (Å²) in [7, 11) is 0. The highest BCUT2D eigenvalue weighted by Gasteiger charge is 2.31. The Balaban J connectivity index is 1.32. The van der Waals surface area contributed by atoms with Crippen molar-refractivity contribution in [2.45, 2.75) is 25.7 Å². The fourth-order valence-electron chi connectivity index (χ4n) is 4.45. The molecule has 0 atom stereocenters. The van der Waals surface area contributed by atoms with Gasteiger partial charge in [0, 0.05) is 50.9 Å². The summed E-state index contributed by atoms with van der Waals surface area (Å²) in [5, 5.41) is 2.60. The maximum atomic E-state index is 14.5. The lowest BCUT2D eigenvalue weighted by molar-refractivity contribution is -0.140. The van der Waals surface area contributed by atoms with Gasteiger partial charge in [0.05, 0.1) is 13.2 Å². The van der Waals surface area contributed by atoms with E-state index in [4.69, 9.17) is 4.74 Å². The molecule has 3 amide bonds. The molecule has 0 aromatic heterocycles. The molecule has 3 saturated heterocycles. The Morgan fingerprint density at radius 2 is 1.50 bits per heavy atom. The Bertz CT molecular complexity index is 763. The second kappa shape index (κ2) is 9.16. The molecule has 3 fully saturated rings. The van der Waals surface area contributed by atoms with Gasteiger partial charge in [-0.05, 0) is 37.8 Å². The number of ether oxygens (including phenoxy) is 1. The second-order valence-electron chi connectivity index (χ2n) is 8.11. The van der Waals surface area contributed by atoms with Gasteiger partial charge in [-0.15, -0.1) is 0 Å². The molecule has 0 saturated carbocycles. The number of carbonyl (C=O) groups excluding carboxylic acids is 2. The summed E-state index contributed by atoms with van der Waals surface area (Å²) in [6, 6.07) is 1.94. The first-order valence-corrected chi connectivity index (χ1v) is 10.7. The zero-order chi connectivity index (χ0) is 21.1. The lowest BCUT2D eigenvalue weighted by Gasteiger charge is -2.35. The van der Waals surface area contributed by atoms with Crippen molar-refractivity contribution in [1.82, 2.24) is 9.80 Å². The zero-order valence-corrected chi connectivity index (χ0v) is 17.0. The smallest absolute Gasteiger partial charge is 0.321 e. The van der Waals surface area contributed by atoms with Crippen molar-refractivity contribution in [2.75, 3.05) is 62.7 Å². The first kappa shape index (κ1) is 20.8. The maximum Gasteiger partial charge on any atom is 0.321 e. The van der Waals surface area contributed by atoms with Gasteiger partial charge < -0.3 is 24.8 Å². The highest BCUT2D eigenvalue weighted by molar-refractivity contribution is 5.90. The lowest BCUT2D eigenvalue weighted by Crippen LogP contribution is -2.48. The van der Waals surface area contributed by atoms with Crippen molar-refractivity contribution in [3.63, 3.8) is 0 Å². The number of nitrogens with zero attached hydrogens (tertiary/aromatic N) is 3. The molecule has 9 heteroatoms. The van der Waals surface area contributed by atoms with Crippen LogP contribution in [-0.4, -0.2) is 74.2 Å². The zero-order valence-electron chi connectivity index (χ0n) is 17.0. The summed E-state index contributed by atoms with van der Waals surface area (Å²) in [5.41, 5.74) is 0.0809. The number of hydrogen-bond acceptors (Lipinski definition) is 4. The number of piperidine rings is 1.